The lowest BCUT2D eigenvalue weighted by Gasteiger charge is -2.03. The summed E-state index contributed by atoms with van der Waals surface area (Å²) in [5, 5.41) is 18.7. The third-order valence-electron chi connectivity index (χ3n) is 4.25. The smallest absolute Gasteiger partial charge is 0.335 e. The van der Waals surface area contributed by atoms with Gasteiger partial charge in [-0.1, -0.05) is 35.2 Å². The zero-order chi connectivity index (χ0) is 19.3. The van der Waals surface area contributed by atoms with Gasteiger partial charge >= 0.3 is 5.97 Å². The predicted molar refractivity (Wildman–Crippen MR) is 107 cm³/mol. The number of carbonyl (C=O) groups is 1. The van der Waals surface area contributed by atoms with Crippen LogP contribution in [0.1, 0.15) is 16.2 Å². The van der Waals surface area contributed by atoms with E-state index >= 15 is 0 Å². The van der Waals surface area contributed by atoms with Gasteiger partial charge in [0.15, 0.2) is 5.16 Å². The summed E-state index contributed by atoms with van der Waals surface area (Å²) in [5.41, 5.74) is 1.17. The van der Waals surface area contributed by atoms with Crippen molar-refractivity contribution in [1.29, 1.82) is 0 Å². The summed E-state index contributed by atoms with van der Waals surface area (Å²) in [4.78, 5) is 31.4. The Labute approximate surface area is 164 Å². The number of para-hydroxylation sites is 1. The van der Waals surface area contributed by atoms with Crippen molar-refractivity contribution in [3.05, 3.63) is 64.2 Å². The van der Waals surface area contributed by atoms with Crippen molar-refractivity contribution in [2.45, 2.75) is 10.9 Å². The number of fused-ring (bicyclic) bond motifs is 4. The monoisotopic (exact) mass is 409 g/mol. The molecule has 0 aliphatic carbocycles. The van der Waals surface area contributed by atoms with Crippen molar-refractivity contribution in [3.8, 4) is 0 Å². The molecule has 0 radical (unpaired) electrons. The van der Waals surface area contributed by atoms with E-state index in [1.54, 1.807) is 11.3 Å². The molecule has 0 aliphatic rings. The predicted octanol–water partition coefficient (Wildman–Crippen LogP) is 3.17. The second-order valence-corrected chi connectivity index (χ2v) is 7.96. The molecule has 0 spiro atoms. The molecule has 5 aromatic rings. The minimum atomic E-state index is -1.06. The molecule has 0 aliphatic heterocycles. The van der Waals surface area contributed by atoms with Gasteiger partial charge in [-0.2, -0.15) is 0 Å². The maximum absolute atomic E-state index is 12.3. The molecule has 0 bridgehead atoms. The van der Waals surface area contributed by atoms with Gasteiger partial charge in [0.25, 0.3) is 5.56 Å². The van der Waals surface area contributed by atoms with E-state index in [2.05, 4.69) is 20.2 Å². The number of aromatic amines is 1. The number of nitrogens with zero attached hydrogens (tertiary/aromatic N) is 4. The number of nitrogens with one attached hydrogen (secondary N) is 1. The third-order valence-corrected chi connectivity index (χ3v) is 6.20. The largest absolute Gasteiger partial charge is 0.478 e. The maximum atomic E-state index is 12.3. The first kappa shape index (κ1) is 16.9. The molecular formula is C18H11N5O3S2. The summed E-state index contributed by atoms with van der Waals surface area (Å²) in [6.45, 7) is 0. The molecule has 0 atom stereocenters. The number of carboxylic acid groups (broad SMARTS) is 1. The van der Waals surface area contributed by atoms with Crippen LogP contribution in [0, 0.1) is 0 Å². The van der Waals surface area contributed by atoms with E-state index in [4.69, 9.17) is 5.11 Å². The molecule has 0 fully saturated rings. The van der Waals surface area contributed by atoms with Crippen molar-refractivity contribution >= 4 is 55.1 Å². The number of thiazole rings is 1. The van der Waals surface area contributed by atoms with Gasteiger partial charge in [-0.15, -0.1) is 10.2 Å². The first-order valence-corrected chi connectivity index (χ1v) is 10.0. The number of hydrogen-bond donors (Lipinski definition) is 2. The van der Waals surface area contributed by atoms with Crippen LogP contribution in [0.25, 0.3) is 26.1 Å². The van der Waals surface area contributed by atoms with Gasteiger partial charge in [-0.3, -0.25) is 9.20 Å². The quantitative estimate of drug-likeness (QED) is 0.438. The highest BCUT2D eigenvalue weighted by Crippen LogP contribution is 2.30. The zero-order valence-electron chi connectivity index (χ0n) is 14.1. The normalized spacial score (nSPS) is 11.6. The fraction of sp³-hybridized carbons (Fsp3) is 0.0556. The number of thioether (sulfide) groups is 1. The average Bonchev–Trinajstić information content (AvgIpc) is 3.25. The van der Waals surface area contributed by atoms with Gasteiger partial charge in [-0.25, -0.2) is 9.78 Å². The van der Waals surface area contributed by atoms with Crippen molar-refractivity contribution in [3.63, 3.8) is 0 Å². The van der Waals surface area contributed by atoms with Crippen LogP contribution in [-0.4, -0.2) is 35.6 Å². The Kier molecular flexibility index (Phi) is 3.88. The average molecular weight is 409 g/mol. The van der Waals surface area contributed by atoms with Gasteiger partial charge in [0.05, 0.1) is 32.4 Å². The van der Waals surface area contributed by atoms with Crippen molar-refractivity contribution < 1.29 is 9.90 Å². The van der Waals surface area contributed by atoms with E-state index in [1.807, 2.05) is 28.7 Å². The lowest BCUT2D eigenvalue weighted by atomic mass is 10.1. The van der Waals surface area contributed by atoms with Crippen molar-refractivity contribution in [1.82, 2.24) is 24.6 Å². The Bertz CT molecular complexity index is 1440. The maximum Gasteiger partial charge on any atom is 0.335 e. The molecular weight excluding hydrogens is 398 g/mol. The number of aromatic carboxylic acids is 1. The van der Waals surface area contributed by atoms with E-state index in [0.29, 0.717) is 27.6 Å². The minimum absolute atomic E-state index is 0.0908. The summed E-state index contributed by atoms with van der Waals surface area (Å²) in [7, 11) is 0. The van der Waals surface area contributed by atoms with Crippen molar-refractivity contribution in [2.24, 2.45) is 0 Å². The van der Waals surface area contributed by atoms with Crippen LogP contribution < -0.4 is 5.56 Å². The van der Waals surface area contributed by atoms with E-state index < -0.39 is 5.97 Å². The highest BCUT2D eigenvalue weighted by atomic mass is 32.2. The molecule has 10 heteroatoms. The van der Waals surface area contributed by atoms with Gasteiger partial charge in [0.2, 0.25) is 4.96 Å². The first-order valence-electron chi connectivity index (χ1n) is 8.22. The van der Waals surface area contributed by atoms with Crippen LogP contribution in [0.4, 0.5) is 0 Å². The fourth-order valence-electron chi connectivity index (χ4n) is 2.97. The van der Waals surface area contributed by atoms with E-state index in [1.165, 1.54) is 30.0 Å². The van der Waals surface area contributed by atoms with Crippen LogP contribution >= 0.6 is 23.1 Å². The topological polar surface area (TPSA) is 113 Å². The zero-order valence-corrected chi connectivity index (χ0v) is 15.8. The summed E-state index contributed by atoms with van der Waals surface area (Å²) in [6, 6.07) is 12.3. The highest BCUT2D eigenvalue weighted by molar-refractivity contribution is 7.98. The molecule has 2 N–H and O–H groups in total. The second kappa shape index (κ2) is 6.43. The second-order valence-electron chi connectivity index (χ2n) is 6.01. The third kappa shape index (κ3) is 2.74. The minimum Gasteiger partial charge on any atom is -0.478 e. The van der Waals surface area contributed by atoms with Gasteiger partial charge in [0, 0.05) is 0 Å². The Balaban J connectivity index is 1.51. The van der Waals surface area contributed by atoms with E-state index in [9.17, 15) is 9.59 Å². The number of H-pyrrole nitrogens is 1. The van der Waals surface area contributed by atoms with E-state index in [-0.39, 0.29) is 11.1 Å². The summed E-state index contributed by atoms with van der Waals surface area (Å²) >= 11 is 2.96. The molecule has 0 saturated heterocycles. The van der Waals surface area contributed by atoms with Crippen LogP contribution in [0.3, 0.4) is 0 Å². The molecule has 5 rings (SSSR count). The molecule has 0 unspecified atom stereocenters. The van der Waals surface area contributed by atoms with Gasteiger partial charge < -0.3 is 10.1 Å². The number of aromatic nitrogens is 5. The number of benzene rings is 2. The van der Waals surface area contributed by atoms with E-state index in [0.717, 1.165) is 15.2 Å². The van der Waals surface area contributed by atoms with Crippen LogP contribution in [-0.2, 0) is 5.75 Å². The van der Waals surface area contributed by atoms with Crippen molar-refractivity contribution in [2.75, 3.05) is 0 Å². The SMILES string of the molecule is O=C(O)c1ccc2c(=O)[nH]c(CSc3nnc4sc5ccccc5n34)nc2c1. The fourth-order valence-corrected chi connectivity index (χ4v) is 4.81. The lowest BCUT2D eigenvalue weighted by molar-refractivity contribution is 0.0697. The van der Waals surface area contributed by atoms with Crippen LogP contribution in [0.5, 0.6) is 0 Å². The molecule has 8 nitrogen and oxygen atoms in total. The first-order chi connectivity index (χ1) is 13.6. The Hall–Kier alpha value is -3.24. The molecule has 0 amide bonds. The Morgan fingerprint density at radius 2 is 2.07 bits per heavy atom. The standard InChI is InChI=1S/C18H11N5O3S2/c24-15-10-6-5-9(16(25)26)7-11(10)19-14(20-15)8-27-17-21-22-18-23(17)12-3-1-2-4-13(12)28-18/h1-7H,8H2,(H,25,26)(H,19,20,24). The molecule has 0 saturated carbocycles. The van der Waals surface area contributed by atoms with Gasteiger partial charge in [-0.05, 0) is 30.3 Å². The number of rotatable bonds is 4. The summed E-state index contributed by atoms with van der Waals surface area (Å²) in [5.74, 6) is -0.246. The molecule has 3 heterocycles. The molecule has 28 heavy (non-hydrogen) atoms. The van der Waals surface area contributed by atoms with Gasteiger partial charge in [0.1, 0.15) is 5.82 Å². The van der Waals surface area contributed by atoms with Crippen LogP contribution in [0.2, 0.25) is 0 Å². The Morgan fingerprint density at radius 3 is 2.93 bits per heavy atom. The van der Waals surface area contributed by atoms with Crippen LogP contribution in [0.15, 0.2) is 52.4 Å². The summed E-state index contributed by atoms with van der Waals surface area (Å²) < 4.78 is 3.10. The summed E-state index contributed by atoms with van der Waals surface area (Å²) in [6.07, 6.45) is 0. The highest BCUT2D eigenvalue weighted by Gasteiger charge is 2.14. The molecule has 138 valence electrons. The molecule has 2 aromatic carbocycles. The lowest BCUT2D eigenvalue weighted by Crippen LogP contribution is -2.12. The Morgan fingerprint density at radius 1 is 1.21 bits per heavy atom. The molecule has 3 aromatic heterocycles. The number of hydrogen-bond acceptors (Lipinski definition) is 7. The number of carboxylic acids is 1.